The highest BCUT2D eigenvalue weighted by atomic mass is 32.2. The molecule has 2 heterocycles. The molecule has 0 atom stereocenters. The van der Waals surface area contributed by atoms with Gasteiger partial charge in [-0.3, -0.25) is 19.9 Å². The van der Waals surface area contributed by atoms with E-state index in [1.807, 2.05) is 0 Å². The van der Waals surface area contributed by atoms with Gasteiger partial charge in [0.15, 0.2) is 5.42 Å². The Morgan fingerprint density at radius 3 is 2.71 bits per heavy atom. The third kappa shape index (κ3) is 3.61. The average Bonchev–Trinajstić information content (AvgIpc) is 2.47. The zero-order valence-corrected chi connectivity index (χ0v) is 13.0. The van der Waals surface area contributed by atoms with Gasteiger partial charge in [0.25, 0.3) is 0 Å². The van der Waals surface area contributed by atoms with Gasteiger partial charge < -0.3 is 9.73 Å². The molecule has 24 heavy (non-hydrogen) atoms. The minimum Gasteiger partial charge on any atom is -0.460 e. The summed E-state index contributed by atoms with van der Waals surface area (Å²) in [5.74, 6) is -0.722. The predicted octanol–water partition coefficient (Wildman–Crippen LogP) is -2.39. The summed E-state index contributed by atoms with van der Waals surface area (Å²) in [7, 11) is -4.70. The molecule has 1 aliphatic heterocycles. The van der Waals surface area contributed by atoms with Crippen LogP contribution in [0.4, 0.5) is 0 Å². The highest BCUT2D eigenvalue weighted by molar-refractivity contribution is 7.97. The van der Waals surface area contributed by atoms with Crippen LogP contribution in [0, 0.1) is 10.1 Å². The maximum Gasteiger partial charge on any atom is 0.383 e. The van der Waals surface area contributed by atoms with Gasteiger partial charge in [-0.15, -0.1) is 0 Å². The largest absolute Gasteiger partial charge is 0.460 e. The smallest absolute Gasteiger partial charge is 0.383 e. The lowest BCUT2D eigenvalue weighted by atomic mass is 10.3. The third-order valence-corrected chi connectivity index (χ3v) is 3.58. The Morgan fingerprint density at radius 2 is 2.21 bits per heavy atom. The lowest BCUT2D eigenvalue weighted by Gasteiger charge is -2.04. The SMILES string of the molecule is CC(=O)N=c1/c(=C2\C=NC=CN2)occ/c1=C(/[N+](=O)[O-])S(N)(=O)=O. The first-order chi connectivity index (χ1) is 11.2. The minimum atomic E-state index is -4.70. The molecular weight excluding hydrogens is 342 g/mol. The second-order valence-corrected chi connectivity index (χ2v) is 5.88. The van der Waals surface area contributed by atoms with E-state index in [1.54, 1.807) is 0 Å². The van der Waals surface area contributed by atoms with E-state index in [-0.39, 0.29) is 16.5 Å². The molecule has 1 aromatic heterocycles. The van der Waals surface area contributed by atoms with Crippen molar-refractivity contribution >= 4 is 32.9 Å². The molecule has 0 unspecified atom stereocenters. The number of amides is 1. The number of sulfonamides is 1. The van der Waals surface area contributed by atoms with Gasteiger partial charge in [-0.25, -0.2) is 18.5 Å². The van der Waals surface area contributed by atoms with E-state index in [0.29, 0.717) is 0 Å². The molecule has 0 saturated heterocycles. The molecule has 126 valence electrons. The van der Waals surface area contributed by atoms with E-state index in [0.717, 1.165) is 19.3 Å². The predicted molar refractivity (Wildman–Crippen MR) is 81.9 cm³/mol. The van der Waals surface area contributed by atoms with Crippen LogP contribution in [0.15, 0.2) is 39.1 Å². The van der Waals surface area contributed by atoms with Crippen LogP contribution in [-0.2, 0) is 14.8 Å². The van der Waals surface area contributed by atoms with Crippen molar-refractivity contribution in [1.29, 1.82) is 0 Å². The third-order valence-electron chi connectivity index (χ3n) is 2.67. The summed E-state index contributed by atoms with van der Waals surface area (Å²) in [6.45, 7) is 1.09. The van der Waals surface area contributed by atoms with Crippen LogP contribution in [0.3, 0.4) is 0 Å². The molecule has 0 bridgehead atoms. The maximum absolute atomic E-state index is 11.6. The van der Waals surface area contributed by atoms with Crippen LogP contribution in [0.1, 0.15) is 6.92 Å². The zero-order valence-electron chi connectivity index (χ0n) is 12.2. The highest BCUT2D eigenvalue weighted by Crippen LogP contribution is 2.00. The Hall–Kier alpha value is -3.12. The monoisotopic (exact) mass is 353 g/mol. The van der Waals surface area contributed by atoms with Gasteiger partial charge in [0.1, 0.15) is 11.1 Å². The number of hydrogen-bond donors (Lipinski definition) is 2. The van der Waals surface area contributed by atoms with Crippen LogP contribution >= 0.6 is 0 Å². The van der Waals surface area contributed by atoms with E-state index in [2.05, 4.69) is 15.3 Å². The summed E-state index contributed by atoms with van der Waals surface area (Å²) in [4.78, 5) is 28.9. The summed E-state index contributed by atoms with van der Waals surface area (Å²) in [5.41, 5.74) is 0.107. The fourth-order valence-corrected chi connectivity index (χ4v) is 2.54. The van der Waals surface area contributed by atoms with Crippen molar-refractivity contribution in [3.63, 3.8) is 0 Å². The summed E-state index contributed by atoms with van der Waals surface area (Å²) in [5, 5.41) is 16.7. The van der Waals surface area contributed by atoms with E-state index < -0.39 is 31.1 Å². The van der Waals surface area contributed by atoms with Gasteiger partial charge in [0.2, 0.25) is 5.91 Å². The van der Waals surface area contributed by atoms with Gasteiger partial charge >= 0.3 is 15.1 Å². The molecule has 0 aromatic carbocycles. The number of aliphatic imine (C=N–C) groups is 1. The summed E-state index contributed by atoms with van der Waals surface area (Å²) >= 11 is 0. The van der Waals surface area contributed by atoms with Crippen molar-refractivity contribution in [2.24, 2.45) is 15.1 Å². The van der Waals surface area contributed by atoms with E-state index in [1.165, 1.54) is 18.6 Å². The quantitative estimate of drug-likeness (QED) is 0.441. The van der Waals surface area contributed by atoms with Crippen molar-refractivity contribution in [3.8, 4) is 0 Å². The average molecular weight is 353 g/mol. The Labute approximate surface area is 134 Å². The van der Waals surface area contributed by atoms with Crippen molar-refractivity contribution in [2.75, 3.05) is 0 Å². The molecule has 1 aromatic rings. The lowest BCUT2D eigenvalue weighted by Crippen LogP contribution is -2.46. The molecule has 1 amide bonds. The molecular formula is C12H11N5O6S. The van der Waals surface area contributed by atoms with Crippen LogP contribution in [0.2, 0.25) is 0 Å². The minimum absolute atomic E-state index is 0.112. The highest BCUT2D eigenvalue weighted by Gasteiger charge is 2.27. The number of nitrogens with one attached hydrogen (secondary N) is 1. The van der Waals surface area contributed by atoms with E-state index >= 15 is 0 Å². The number of rotatable bonds is 2. The molecule has 12 heteroatoms. The van der Waals surface area contributed by atoms with E-state index in [9.17, 15) is 23.3 Å². The molecule has 2 rings (SSSR count). The Kier molecular flexibility index (Phi) is 4.71. The van der Waals surface area contributed by atoms with Crippen LogP contribution in [0.5, 0.6) is 0 Å². The zero-order chi connectivity index (χ0) is 17.9. The van der Waals surface area contributed by atoms with Crippen molar-refractivity contribution < 1.29 is 22.6 Å². The number of carbonyl (C=O) groups is 1. The maximum atomic E-state index is 11.6. The molecule has 0 aliphatic carbocycles. The number of nitrogens with zero attached hydrogens (tertiary/aromatic N) is 3. The van der Waals surface area contributed by atoms with E-state index in [4.69, 9.17) is 9.56 Å². The first-order valence-corrected chi connectivity index (χ1v) is 7.80. The molecule has 3 N–H and O–H groups in total. The topological polar surface area (TPSA) is 170 Å². The number of nitro groups is 1. The van der Waals surface area contributed by atoms with Crippen molar-refractivity contribution in [2.45, 2.75) is 6.92 Å². The molecule has 0 fully saturated rings. The first kappa shape index (κ1) is 17.2. The van der Waals surface area contributed by atoms with Crippen molar-refractivity contribution in [1.82, 2.24) is 5.32 Å². The number of hydrogen-bond acceptors (Lipinski definition) is 8. The summed E-state index contributed by atoms with van der Waals surface area (Å²) < 4.78 is 28.4. The Bertz CT molecular complexity index is 1060. The number of carbonyl (C=O) groups excluding carboxylic acids is 1. The number of primary sulfonamides is 1. The van der Waals surface area contributed by atoms with Gasteiger partial charge in [-0.05, 0) is 6.07 Å². The second kappa shape index (κ2) is 6.55. The van der Waals surface area contributed by atoms with Gasteiger partial charge in [0, 0.05) is 19.3 Å². The molecule has 11 nitrogen and oxygen atoms in total. The fraction of sp³-hybridized carbons (Fsp3) is 0.0833. The van der Waals surface area contributed by atoms with Gasteiger partial charge in [0.05, 0.1) is 22.6 Å². The molecule has 0 spiro atoms. The molecule has 0 radical (unpaired) electrons. The second-order valence-electron chi connectivity index (χ2n) is 4.40. The number of nitrogens with two attached hydrogens (primary N) is 1. The van der Waals surface area contributed by atoms with Crippen LogP contribution in [-0.4, -0.2) is 25.5 Å². The van der Waals surface area contributed by atoms with Crippen LogP contribution < -0.4 is 26.4 Å². The lowest BCUT2D eigenvalue weighted by molar-refractivity contribution is -0.370. The Morgan fingerprint density at radius 1 is 1.50 bits per heavy atom. The van der Waals surface area contributed by atoms with Crippen molar-refractivity contribution in [3.05, 3.63) is 50.8 Å². The summed E-state index contributed by atoms with van der Waals surface area (Å²) in [6, 6.07) is 0.990. The summed E-state index contributed by atoms with van der Waals surface area (Å²) in [6.07, 6.45) is 5.19. The standard InChI is InChI=1S/C12H11N5O6S/c1-7(18)16-10-8(12(17(19)20)24(13,21)22)2-5-23-11(10)9-6-14-3-4-15-9/h2-6,15H,1H3,(H2,13,21,22)/b11-9-,12-8+,16-10?. The van der Waals surface area contributed by atoms with Crippen LogP contribution in [0.25, 0.3) is 10.7 Å². The fourth-order valence-electron chi connectivity index (χ4n) is 1.86. The van der Waals surface area contributed by atoms with Gasteiger partial charge in [-0.1, -0.05) is 0 Å². The normalized spacial score (nSPS) is 18.2. The molecule has 1 aliphatic rings. The first-order valence-electron chi connectivity index (χ1n) is 6.25. The van der Waals surface area contributed by atoms with Gasteiger partial charge in [-0.2, -0.15) is 0 Å². The Balaban J connectivity index is 3.18. The molecule has 0 saturated carbocycles.